The van der Waals surface area contributed by atoms with Crippen molar-refractivity contribution in [2.75, 3.05) is 0 Å². The maximum Gasteiger partial charge on any atom is 0.263 e. The van der Waals surface area contributed by atoms with Gasteiger partial charge in [0, 0.05) is 29.4 Å². The molecule has 1 unspecified atom stereocenters. The molecule has 4 rings (SSSR count). The normalized spacial score (nSPS) is 19.6. The molecule has 0 saturated carbocycles. The van der Waals surface area contributed by atoms with Gasteiger partial charge in [0.1, 0.15) is 0 Å². The van der Waals surface area contributed by atoms with Gasteiger partial charge in [-0.2, -0.15) is 0 Å². The number of rotatable bonds is 2. The molecule has 0 radical (unpaired) electrons. The van der Waals surface area contributed by atoms with Crippen molar-refractivity contribution in [1.82, 2.24) is 9.55 Å². The van der Waals surface area contributed by atoms with Gasteiger partial charge in [0.15, 0.2) is 5.72 Å². The summed E-state index contributed by atoms with van der Waals surface area (Å²) >= 11 is 6.15. The van der Waals surface area contributed by atoms with Crippen molar-refractivity contribution in [3.63, 3.8) is 0 Å². The average molecular weight is 339 g/mol. The number of hydrogen-bond acceptors (Lipinski definition) is 3. The fraction of sp³-hybridized carbons (Fsp3) is 0.158. The van der Waals surface area contributed by atoms with E-state index in [4.69, 9.17) is 16.3 Å². The van der Waals surface area contributed by atoms with Crippen molar-refractivity contribution in [3.05, 3.63) is 76.5 Å². The first-order chi connectivity index (χ1) is 11.6. The Morgan fingerprint density at radius 1 is 1.29 bits per heavy atom. The molecule has 1 aliphatic rings. The number of benzene rings is 1. The number of halogens is 1. The van der Waals surface area contributed by atoms with Crippen LogP contribution >= 0.6 is 11.6 Å². The van der Waals surface area contributed by atoms with Crippen molar-refractivity contribution >= 4 is 22.5 Å². The molecule has 0 spiro atoms. The summed E-state index contributed by atoms with van der Waals surface area (Å²) in [6.07, 6.45) is 7.69. The molecule has 0 bridgehead atoms. The van der Waals surface area contributed by atoms with Gasteiger partial charge in [0.25, 0.3) is 5.56 Å². The van der Waals surface area contributed by atoms with E-state index in [1.165, 1.54) is 0 Å². The number of aromatic nitrogens is 2. The molecular weight excluding hydrogens is 324 g/mol. The third-order valence-electron chi connectivity index (χ3n) is 4.33. The van der Waals surface area contributed by atoms with Crippen LogP contribution in [0.1, 0.15) is 13.3 Å². The van der Waals surface area contributed by atoms with Crippen molar-refractivity contribution in [3.8, 4) is 11.1 Å². The van der Waals surface area contributed by atoms with Crippen LogP contribution in [0.25, 0.3) is 22.0 Å². The van der Waals surface area contributed by atoms with Crippen LogP contribution in [0.2, 0.25) is 5.02 Å². The molecular formula is C19H15ClN2O2. The molecule has 24 heavy (non-hydrogen) atoms. The highest BCUT2D eigenvalue weighted by atomic mass is 35.5. The lowest BCUT2D eigenvalue weighted by Gasteiger charge is -2.27. The van der Waals surface area contributed by atoms with E-state index in [0.717, 1.165) is 11.1 Å². The maximum atomic E-state index is 13.0. The average Bonchev–Trinajstić information content (AvgIpc) is 3.03. The third-order valence-corrected chi connectivity index (χ3v) is 4.57. The highest BCUT2D eigenvalue weighted by molar-refractivity contribution is 6.30. The second kappa shape index (κ2) is 5.49. The van der Waals surface area contributed by atoms with Gasteiger partial charge < -0.3 is 4.74 Å². The van der Waals surface area contributed by atoms with Crippen molar-refractivity contribution in [2.24, 2.45) is 0 Å². The Morgan fingerprint density at radius 3 is 2.92 bits per heavy atom. The van der Waals surface area contributed by atoms with E-state index in [9.17, 15) is 4.79 Å². The van der Waals surface area contributed by atoms with Crippen LogP contribution in [0, 0.1) is 0 Å². The van der Waals surface area contributed by atoms with Gasteiger partial charge in [-0.3, -0.25) is 14.3 Å². The van der Waals surface area contributed by atoms with E-state index in [2.05, 4.69) is 4.98 Å². The van der Waals surface area contributed by atoms with Gasteiger partial charge in [0.05, 0.1) is 17.2 Å². The van der Waals surface area contributed by atoms with E-state index >= 15 is 0 Å². The zero-order valence-electron chi connectivity index (χ0n) is 13.1. The second-order valence-electron chi connectivity index (χ2n) is 6.00. The highest BCUT2D eigenvalue weighted by Gasteiger charge is 2.31. The van der Waals surface area contributed by atoms with Crippen LogP contribution < -0.4 is 5.56 Å². The molecule has 0 amide bonds. The number of hydrogen-bond donors (Lipinski definition) is 0. The monoisotopic (exact) mass is 338 g/mol. The first-order valence-corrected chi connectivity index (χ1v) is 8.06. The molecule has 1 aliphatic heterocycles. The standard InChI is InChI=1S/C19H15ClN2O2/c1-19(8-4-10-24-19)22-12-16(13-5-2-6-14(20)11-13)17-15(18(22)23)7-3-9-21-17/h2-7,9-12H,8H2,1H3. The summed E-state index contributed by atoms with van der Waals surface area (Å²) in [5.41, 5.74) is 1.58. The van der Waals surface area contributed by atoms with Crippen molar-refractivity contribution in [1.29, 1.82) is 0 Å². The fourth-order valence-electron chi connectivity index (χ4n) is 3.05. The summed E-state index contributed by atoms with van der Waals surface area (Å²) in [6.45, 7) is 1.90. The van der Waals surface area contributed by atoms with E-state index in [-0.39, 0.29) is 5.56 Å². The quantitative estimate of drug-likeness (QED) is 0.698. The van der Waals surface area contributed by atoms with Crippen molar-refractivity contribution < 1.29 is 4.74 Å². The van der Waals surface area contributed by atoms with Crippen LogP contribution in [-0.2, 0) is 10.5 Å². The van der Waals surface area contributed by atoms with Gasteiger partial charge in [-0.05, 0) is 42.8 Å². The second-order valence-corrected chi connectivity index (χ2v) is 6.43. The number of nitrogens with zero attached hydrogens (tertiary/aromatic N) is 2. The van der Waals surface area contributed by atoms with Crippen LogP contribution in [0.3, 0.4) is 0 Å². The smallest absolute Gasteiger partial charge is 0.263 e. The molecule has 0 fully saturated rings. The Morgan fingerprint density at radius 2 is 2.17 bits per heavy atom. The molecule has 4 nitrogen and oxygen atoms in total. The Labute approximate surface area is 144 Å². The zero-order valence-corrected chi connectivity index (χ0v) is 13.8. The largest absolute Gasteiger partial charge is 0.475 e. The van der Waals surface area contributed by atoms with Gasteiger partial charge in [0.2, 0.25) is 0 Å². The summed E-state index contributed by atoms with van der Waals surface area (Å²) < 4.78 is 7.35. The Kier molecular flexibility index (Phi) is 3.43. The zero-order chi connectivity index (χ0) is 16.7. The Balaban J connectivity index is 2.06. The number of fused-ring (bicyclic) bond motifs is 1. The first-order valence-electron chi connectivity index (χ1n) is 7.68. The number of pyridine rings is 2. The van der Waals surface area contributed by atoms with E-state index in [1.54, 1.807) is 29.2 Å². The summed E-state index contributed by atoms with van der Waals surface area (Å²) in [6, 6.07) is 11.1. The minimum absolute atomic E-state index is 0.116. The van der Waals surface area contributed by atoms with Crippen LogP contribution in [0.4, 0.5) is 0 Å². The van der Waals surface area contributed by atoms with Crippen LogP contribution in [-0.4, -0.2) is 9.55 Å². The SMILES string of the molecule is CC1(n2cc(-c3cccc(Cl)c3)c3ncccc3c2=O)CC=CO1. The lowest BCUT2D eigenvalue weighted by atomic mass is 10.0. The molecule has 3 aromatic rings. The third kappa shape index (κ3) is 2.31. The molecule has 0 N–H and O–H groups in total. The molecule has 5 heteroatoms. The van der Waals surface area contributed by atoms with Crippen molar-refractivity contribution in [2.45, 2.75) is 19.1 Å². The molecule has 1 atom stereocenters. The lowest BCUT2D eigenvalue weighted by molar-refractivity contribution is -0.0140. The topological polar surface area (TPSA) is 44.1 Å². The van der Waals surface area contributed by atoms with Gasteiger partial charge in [-0.15, -0.1) is 0 Å². The minimum atomic E-state index is -0.728. The molecule has 0 saturated heterocycles. The van der Waals surface area contributed by atoms with Gasteiger partial charge in [-0.25, -0.2) is 0 Å². The van der Waals surface area contributed by atoms with Gasteiger partial charge in [-0.1, -0.05) is 23.7 Å². The maximum absolute atomic E-state index is 13.0. The Bertz CT molecular complexity index is 1020. The summed E-state index contributed by atoms with van der Waals surface area (Å²) in [5, 5.41) is 1.20. The van der Waals surface area contributed by atoms with Crippen LogP contribution in [0.5, 0.6) is 0 Å². The predicted octanol–water partition coefficient (Wildman–Crippen LogP) is 4.32. The highest BCUT2D eigenvalue weighted by Crippen LogP contribution is 2.32. The summed E-state index contributed by atoms with van der Waals surface area (Å²) in [7, 11) is 0. The summed E-state index contributed by atoms with van der Waals surface area (Å²) in [4.78, 5) is 17.4. The van der Waals surface area contributed by atoms with Gasteiger partial charge >= 0.3 is 0 Å². The predicted molar refractivity (Wildman–Crippen MR) is 94.9 cm³/mol. The van der Waals surface area contributed by atoms with Crippen LogP contribution in [0.15, 0.2) is 65.9 Å². The molecule has 0 aliphatic carbocycles. The molecule has 3 heterocycles. The molecule has 120 valence electrons. The number of ether oxygens (including phenoxy) is 1. The summed E-state index contributed by atoms with van der Waals surface area (Å²) in [5.74, 6) is 0. The van der Waals surface area contributed by atoms with E-state index in [0.29, 0.717) is 22.3 Å². The Hall–Kier alpha value is -2.59. The lowest BCUT2D eigenvalue weighted by Crippen LogP contribution is -2.38. The van der Waals surface area contributed by atoms with E-state index in [1.807, 2.05) is 43.5 Å². The van der Waals surface area contributed by atoms with E-state index < -0.39 is 5.72 Å². The molecule has 2 aromatic heterocycles. The minimum Gasteiger partial charge on any atom is -0.475 e. The fourth-order valence-corrected chi connectivity index (χ4v) is 3.24. The first kappa shape index (κ1) is 15.0. The molecule has 1 aromatic carbocycles.